The Balaban J connectivity index is 1.46. The van der Waals surface area contributed by atoms with E-state index in [2.05, 4.69) is 56.5 Å². The Morgan fingerprint density at radius 3 is 2.46 bits per heavy atom. The van der Waals surface area contributed by atoms with E-state index in [0.29, 0.717) is 25.0 Å². The number of halogens is 3. The number of carbonyl (C=O) groups is 1. The highest BCUT2D eigenvalue weighted by molar-refractivity contribution is 5.73. The fourth-order valence-electron chi connectivity index (χ4n) is 5.38. The molecule has 2 aliphatic rings. The molecule has 2 fully saturated rings. The van der Waals surface area contributed by atoms with Gasteiger partial charge in [0, 0.05) is 77.0 Å². The van der Waals surface area contributed by atoms with Gasteiger partial charge in [-0.05, 0) is 56.5 Å². The van der Waals surface area contributed by atoms with Crippen LogP contribution < -0.4 is 15.5 Å². The van der Waals surface area contributed by atoms with Gasteiger partial charge in [-0.1, -0.05) is 6.92 Å². The molecular weight excluding hydrogens is 509 g/mol. The largest absolute Gasteiger partial charge is 0.421 e. The van der Waals surface area contributed by atoms with E-state index < -0.39 is 11.7 Å². The van der Waals surface area contributed by atoms with Crippen molar-refractivity contribution >= 4 is 29.2 Å². The lowest BCUT2D eigenvalue weighted by atomic mass is 10.1. The van der Waals surface area contributed by atoms with Crippen LogP contribution in [0.2, 0.25) is 0 Å². The van der Waals surface area contributed by atoms with E-state index >= 15 is 0 Å². The summed E-state index contributed by atoms with van der Waals surface area (Å²) in [6.07, 6.45) is -0.137. The lowest BCUT2D eigenvalue weighted by Gasteiger charge is -2.40. The summed E-state index contributed by atoms with van der Waals surface area (Å²) in [7, 11) is 7.16. The molecule has 2 aromatic rings. The van der Waals surface area contributed by atoms with Crippen molar-refractivity contribution in [2.45, 2.75) is 50.9 Å². The van der Waals surface area contributed by atoms with Crippen molar-refractivity contribution in [3.63, 3.8) is 0 Å². The van der Waals surface area contributed by atoms with E-state index in [9.17, 15) is 18.0 Å². The highest BCUT2D eigenvalue weighted by atomic mass is 19.4. The van der Waals surface area contributed by atoms with Gasteiger partial charge in [0.15, 0.2) is 0 Å². The maximum Gasteiger partial charge on any atom is 0.421 e. The zero-order valence-electron chi connectivity index (χ0n) is 23.3. The van der Waals surface area contributed by atoms with E-state index in [-0.39, 0.29) is 24.3 Å². The van der Waals surface area contributed by atoms with Crippen LogP contribution in [0.15, 0.2) is 24.4 Å². The Labute approximate surface area is 228 Å². The number of alkyl halides is 3. The smallest absolute Gasteiger partial charge is 0.369 e. The van der Waals surface area contributed by atoms with E-state index in [1.807, 2.05) is 6.07 Å². The molecule has 2 aliphatic heterocycles. The van der Waals surface area contributed by atoms with Crippen molar-refractivity contribution in [2.24, 2.45) is 0 Å². The molecule has 2 amide bonds. The van der Waals surface area contributed by atoms with Gasteiger partial charge in [-0.2, -0.15) is 18.2 Å². The number of rotatable bonds is 9. The summed E-state index contributed by atoms with van der Waals surface area (Å²) in [5.41, 5.74) is 2.05. The number of hydrogen-bond donors (Lipinski definition) is 2. The molecule has 2 bridgehead atoms. The third-order valence-corrected chi connectivity index (χ3v) is 7.69. The van der Waals surface area contributed by atoms with Gasteiger partial charge in [-0.3, -0.25) is 4.90 Å². The summed E-state index contributed by atoms with van der Waals surface area (Å²) in [5, 5.41) is 5.93. The highest BCUT2D eigenvalue weighted by Gasteiger charge is 2.38. The lowest BCUT2D eigenvalue weighted by Crippen LogP contribution is -2.52. The first-order valence-corrected chi connectivity index (χ1v) is 13.4. The molecule has 0 aliphatic carbocycles. The van der Waals surface area contributed by atoms with Crippen molar-refractivity contribution in [3.8, 4) is 0 Å². The molecule has 1 aromatic carbocycles. The molecule has 3 heterocycles. The summed E-state index contributed by atoms with van der Waals surface area (Å²) < 4.78 is 41.0. The number of carbonyl (C=O) groups excluding carboxylic acids is 1. The SMILES string of the molecule is CCc1cc(N2C[C@H]3CC[C@@H](C2)N3C)ccc1Nc1ncc(C(F)(F)F)c(NCCCN(C)C(=O)N(C)C)n1. The number of nitrogens with one attached hydrogen (secondary N) is 2. The first-order chi connectivity index (χ1) is 18.5. The minimum Gasteiger partial charge on any atom is -0.369 e. The molecule has 0 saturated carbocycles. The van der Waals surface area contributed by atoms with Gasteiger partial charge in [0.1, 0.15) is 11.4 Å². The lowest BCUT2D eigenvalue weighted by molar-refractivity contribution is -0.137. The maximum atomic E-state index is 13.7. The maximum absolute atomic E-state index is 13.7. The number of benzene rings is 1. The van der Waals surface area contributed by atoms with Crippen LogP contribution in [0, 0.1) is 0 Å². The molecule has 4 rings (SSSR count). The average molecular weight is 549 g/mol. The normalized spacial score (nSPS) is 19.2. The molecule has 12 heteroatoms. The van der Waals surface area contributed by atoms with Crippen LogP contribution in [0.1, 0.15) is 37.3 Å². The Bertz CT molecular complexity index is 1140. The quantitative estimate of drug-likeness (QED) is 0.447. The Morgan fingerprint density at radius 1 is 1.15 bits per heavy atom. The number of likely N-dealkylation sites (N-methyl/N-ethyl adjacent to an activating group) is 1. The summed E-state index contributed by atoms with van der Waals surface area (Å²) >= 11 is 0. The second-order valence-corrected chi connectivity index (χ2v) is 10.6. The van der Waals surface area contributed by atoms with Gasteiger partial charge in [0.05, 0.1) is 0 Å². The molecule has 2 N–H and O–H groups in total. The standard InChI is InChI=1S/C27H39F3N8O/c1-6-18-14-19(38-16-20-8-9-21(17-38)37(20)5)10-11-23(18)33-25-32-15-22(27(28,29)30)24(34-25)31-12-7-13-36(4)26(39)35(2)3/h10-11,14-15,20-21H,6-9,12-13,16-17H2,1-5H3,(H2,31,32,33,34)/t20-,21+. The van der Waals surface area contributed by atoms with Crippen molar-refractivity contribution < 1.29 is 18.0 Å². The summed E-state index contributed by atoms with van der Waals surface area (Å²) in [5.74, 6) is -0.199. The predicted octanol–water partition coefficient (Wildman–Crippen LogP) is 4.50. The van der Waals surface area contributed by atoms with Gasteiger partial charge >= 0.3 is 12.2 Å². The topological polar surface area (TPSA) is 79.9 Å². The van der Waals surface area contributed by atoms with Crippen LogP contribution >= 0.6 is 0 Å². The van der Waals surface area contributed by atoms with Crippen molar-refractivity contribution in [3.05, 3.63) is 35.5 Å². The van der Waals surface area contributed by atoms with Crippen LogP contribution in [-0.4, -0.2) is 97.2 Å². The molecule has 9 nitrogen and oxygen atoms in total. The number of aromatic nitrogens is 2. The number of nitrogens with zero attached hydrogens (tertiary/aromatic N) is 6. The average Bonchev–Trinajstić information content (AvgIpc) is 3.09. The van der Waals surface area contributed by atoms with Crippen molar-refractivity contribution in [1.82, 2.24) is 24.7 Å². The summed E-state index contributed by atoms with van der Waals surface area (Å²) in [4.78, 5) is 28.0. The van der Waals surface area contributed by atoms with Gasteiger partial charge in [0.2, 0.25) is 5.95 Å². The van der Waals surface area contributed by atoms with Crippen LogP contribution in [0.5, 0.6) is 0 Å². The predicted molar refractivity (Wildman–Crippen MR) is 148 cm³/mol. The van der Waals surface area contributed by atoms with Gasteiger partial charge in [-0.15, -0.1) is 0 Å². The number of urea groups is 1. The van der Waals surface area contributed by atoms with Gasteiger partial charge in [0.25, 0.3) is 0 Å². The monoisotopic (exact) mass is 548 g/mol. The number of piperazine rings is 1. The Hall–Kier alpha value is -3.28. The van der Waals surface area contributed by atoms with E-state index in [4.69, 9.17) is 0 Å². The van der Waals surface area contributed by atoms with Crippen molar-refractivity contribution in [1.29, 1.82) is 0 Å². The second kappa shape index (κ2) is 11.8. The highest BCUT2D eigenvalue weighted by Crippen LogP contribution is 2.35. The molecule has 0 unspecified atom stereocenters. The second-order valence-electron chi connectivity index (χ2n) is 10.6. The first-order valence-electron chi connectivity index (χ1n) is 13.4. The van der Waals surface area contributed by atoms with Crippen LogP contribution in [-0.2, 0) is 12.6 Å². The number of aryl methyl sites for hydroxylation is 1. The molecular formula is C27H39F3N8O. The number of fused-ring (bicyclic) bond motifs is 2. The minimum atomic E-state index is -4.60. The zero-order chi connectivity index (χ0) is 28.3. The van der Waals surface area contributed by atoms with Crippen LogP contribution in [0.25, 0.3) is 0 Å². The molecule has 0 radical (unpaired) electrons. The van der Waals surface area contributed by atoms with E-state index in [1.165, 1.54) is 22.6 Å². The zero-order valence-corrected chi connectivity index (χ0v) is 23.3. The number of hydrogen-bond acceptors (Lipinski definition) is 7. The van der Waals surface area contributed by atoms with Crippen LogP contribution in [0.3, 0.4) is 0 Å². The van der Waals surface area contributed by atoms with Gasteiger partial charge in [-0.25, -0.2) is 9.78 Å². The minimum absolute atomic E-state index is 0.0884. The van der Waals surface area contributed by atoms with Crippen molar-refractivity contribution in [2.75, 3.05) is 69.9 Å². The molecule has 0 spiro atoms. The van der Waals surface area contributed by atoms with E-state index in [1.54, 1.807) is 21.1 Å². The third-order valence-electron chi connectivity index (χ3n) is 7.69. The molecule has 214 valence electrons. The van der Waals surface area contributed by atoms with E-state index in [0.717, 1.165) is 42.6 Å². The Morgan fingerprint density at radius 2 is 1.85 bits per heavy atom. The molecule has 2 saturated heterocycles. The third kappa shape index (κ3) is 6.66. The fourth-order valence-corrected chi connectivity index (χ4v) is 5.38. The first kappa shape index (κ1) is 28.7. The van der Waals surface area contributed by atoms with Gasteiger partial charge < -0.3 is 25.3 Å². The number of anilines is 4. The molecule has 1 aromatic heterocycles. The fraction of sp³-hybridized carbons (Fsp3) is 0.593. The number of amides is 2. The Kier molecular flexibility index (Phi) is 8.73. The van der Waals surface area contributed by atoms with Crippen LogP contribution in [0.4, 0.5) is 41.1 Å². The summed E-state index contributed by atoms with van der Waals surface area (Å²) in [6, 6.07) is 7.15. The molecule has 2 atom stereocenters. The molecule has 39 heavy (non-hydrogen) atoms. The summed E-state index contributed by atoms with van der Waals surface area (Å²) in [6.45, 7) is 4.66.